The van der Waals surface area contributed by atoms with E-state index in [1.54, 1.807) is 12.1 Å². The molecule has 7 rings (SSSR count). The van der Waals surface area contributed by atoms with E-state index in [0.717, 1.165) is 39.3 Å². The highest BCUT2D eigenvalue weighted by molar-refractivity contribution is 7.26. The van der Waals surface area contributed by atoms with Gasteiger partial charge in [0.05, 0.1) is 34.3 Å². The maximum Gasteiger partial charge on any atom is 0.0991 e. The summed E-state index contributed by atoms with van der Waals surface area (Å²) in [6.45, 7) is 0.473. The highest BCUT2D eigenvalue weighted by Crippen LogP contribution is 2.44. The third-order valence-corrected chi connectivity index (χ3v) is 9.15. The molecule has 1 heterocycles. The van der Waals surface area contributed by atoms with Crippen molar-refractivity contribution >= 4 is 54.3 Å². The predicted octanol–water partition coefficient (Wildman–Crippen LogP) is 10.3. The standard InChI is InChI=1S/C41H30N4S/c42-26-28-11-9-17-32(23-28)37(43)25-38(31-15-5-2-6-16-31)44-27-29-12-10-18-33(24-29)45-40-34(30-13-3-1-4-14-30)21-22-36-35-19-7-8-20-39(35)46-41(36)40/h1-25,45H,27,43H2. The van der Waals surface area contributed by atoms with Crippen LogP contribution in [0.2, 0.25) is 0 Å². The second kappa shape index (κ2) is 13.0. The Balaban J connectivity index is 1.25. The molecule has 0 aliphatic rings. The fourth-order valence-electron chi connectivity index (χ4n) is 5.67. The highest BCUT2D eigenvalue weighted by atomic mass is 32.1. The smallest absolute Gasteiger partial charge is 0.0991 e. The predicted molar refractivity (Wildman–Crippen MR) is 194 cm³/mol. The fraction of sp³-hybridized carbons (Fsp3) is 0.0244. The lowest BCUT2D eigenvalue weighted by Gasteiger charge is -2.15. The summed E-state index contributed by atoms with van der Waals surface area (Å²) in [5, 5.41) is 15.7. The van der Waals surface area contributed by atoms with Gasteiger partial charge in [0.15, 0.2) is 0 Å². The van der Waals surface area contributed by atoms with Crippen LogP contribution in [-0.4, -0.2) is 5.71 Å². The lowest BCUT2D eigenvalue weighted by atomic mass is 10.0. The number of fused-ring (bicyclic) bond motifs is 3. The van der Waals surface area contributed by atoms with Crippen molar-refractivity contribution in [3.8, 4) is 17.2 Å². The molecular weight excluding hydrogens is 581 g/mol. The minimum absolute atomic E-state index is 0.473. The van der Waals surface area contributed by atoms with Crippen LogP contribution in [0, 0.1) is 11.3 Å². The van der Waals surface area contributed by atoms with Gasteiger partial charge in [0.1, 0.15) is 0 Å². The first kappa shape index (κ1) is 28.8. The Bertz CT molecular complexity index is 2280. The largest absolute Gasteiger partial charge is 0.398 e. The summed E-state index contributed by atoms with van der Waals surface area (Å²) < 4.78 is 2.51. The van der Waals surface area contributed by atoms with Gasteiger partial charge in [0.2, 0.25) is 0 Å². The molecule has 0 aliphatic heterocycles. The van der Waals surface area contributed by atoms with Gasteiger partial charge in [-0.25, -0.2) is 0 Å². The quantitative estimate of drug-likeness (QED) is 0.168. The van der Waals surface area contributed by atoms with Crippen molar-refractivity contribution in [2.45, 2.75) is 6.54 Å². The zero-order chi connectivity index (χ0) is 31.3. The molecule has 6 aromatic carbocycles. The zero-order valence-corrected chi connectivity index (χ0v) is 25.8. The Morgan fingerprint density at radius 3 is 2.30 bits per heavy atom. The van der Waals surface area contributed by atoms with Gasteiger partial charge >= 0.3 is 0 Å². The van der Waals surface area contributed by atoms with Gasteiger partial charge in [-0.1, -0.05) is 115 Å². The number of hydrogen-bond donors (Lipinski definition) is 2. The van der Waals surface area contributed by atoms with E-state index in [2.05, 4.69) is 102 Å². The first-order valence-electron chi connectivity index (χ1n) is 15.1. The van der Waals surface area contributed by atoms with Crippen molar-refractivity contribution in [3.05, 3.63) is 174 Å². The van der Waals surface area contributed by atoms with Crippen molar-refractivity contribution in [1.29, 1.82) is 5.26 Å². The summed E-state index contributed by atoms with van der Waals surface area (Å²) in [7, 11) is 0. The highest BCUT2D eigenvalue weighted by Gasteiger charge is 2.15. The number of anilines is 2. The lowest BCUT2D eigenvalue weighted by Crippen LogP contribution is -2.04. The molecule has 0 radical (unpaired) electrons. The average molecular weight is 611 g/mol. The summed E-state index contributed by atoms with van der Waals surface area (Å²) in [6.07, 6.45) is 1.89. The summed E-state index contributed by atoms with van der Waals surface area (Å²) in [4.78, 5) is 5.03. The van der Waals surface area contributed by atoms with Gasteiger partial charge in [-0.2, -0.15) is 5.26 Å². The Hall–Kier alpha value is -5.96. The number of nitrogens with one attached hydrogen (secondary N) is 1. The molecular formula is C41H30N4S. The SMILES string of the molecule is N#Cc1cccc(C(N)=CC(=NCc2cccc(Nc3c(-c4ccccc4)ccc4c3sc3ccccc34)c2)c2ccccc2)c1. The number of thiophene rings is 1. The normalized spacial score (nSPS) is 11.9. The number of benzene rings is 6. The molecule has 3 N–H and O–H groups in total. The van der Waals surface area contributed by atoms with Crippen LogP contribution in [0.25, 0.3) is 37.0 Å². The van der Waals surface area contributed by atoms with E-state index in [-0.39, 0.29) is 0 Å². The molecule has 7 aromatic rings. The molecule has 0 saturated carbocycles. The van der Waals surface area contributed by atoms with Crippen LogP contribution in [0.4, 0.5) is 11.4 Å². The second-order valence-corrected chi connectivity index (χ2v) is 12.1. The van der Waals surface area contributed by atoms with Crippen molar-refractivity contribution in [1.82, 2.24) is 0 Å². The number of aliphatic imine (C=N–C) groups is 1. The van der Waals surface area contributed by atoms with Crippen LogP contribution >= 0.6 is 11.3 Å². The lowest BCUT2D eigenvalue weighted by molar-refractivity contribution is 1.07. The van der Waals surface area contributed by atoms with Crippen LogP contribution < -0.4 is 11.1 Å². The maximum absolute atomic E-state index is 9.35. The fourth-order valence-corrected chi connectivity index (χ4v) is 6.87. The number of nitrogens with zero attached hydrogens (tertiary/aromatic N) is 2. The molecule has 1 aromatic heterocycles. The summed E-state index contributed by atoms with van der Waals surface area (Å²) >= 11 is 1.82. The van der Waals surface area contributed by atoms with Gasteiger partial charge in [0, 0.05) is 32.4 Å². The summed E-state index contributed by atoms with van der Waals surface area (Å²) in [5.41, 5.74) is 15.7. The molecule has 0 amide bonds. The van der Waals surface area contributed by atoms with Crippen LogP contribution in [0.3, 0.4) is 0 Å². The Kier molecular flexibility index (Phi) is 8.11. The van der Waals surface area contributed by atoms with Gasteiger partial charge < -0.3 is 11.1 Å². The first-order chi connectivity index (χ1) is 22.7. The van der Waals surface area contributed by atoms with E-state index < -0.39 is 0 Å². The monoisotopic (exact) mass is 610 g/mol. The van der Waals surface area contributed by atoms with E-state index >= 15 is 0 Å². The second-order valence-electron chi connectivity index (χ2n) is 11.0. The molecule has 0 unspecified atom stereocenters. The van der Waals surface area contributed by atoms with Crippen molar-refractivity contribution in [2.75, 3.05) is 5.32 Å². The van der Waals surface area contributed by atoms with E-state index in [1.807, 2.05) is 59.9 Å². The average Bonchev–Trinajstić information content (AvgIpc) is 3.50. The molecule has 5 heteroatoms. The number of rotatable bonds is 8. The number of allylic oxidation sites excluding steroid dienone is 1. The molecule has 46 heavy (non-hydrogen) atoms. The van der Waals surface area contributed by atoms with E-state index in [1.165, 1.54) is 25.7 Å². The Morgan fingerprint density at radius 2 is 1.48 bits per heavy atom. The zero-order valence-electron chi connectivity index (χ0n) is 25.0. The van der Waals surface area contributed by atoms with Crippen LogP contribution in [0.5, 0.6) is 0 Å². The maximum atomic E-state index is 9.35. The molecule has 0 saturated heterocycles. The molecule has 220 valence electrons. The third kappa shape index (κ3) is 6.03. The van der Waals surface area contributed by atoms with E-state index in [0.29, 0.717) is 17.8 Å². The van der Waals surface area contributed by atoms with Gasteiger partial charge in [-0.15, -0.1) is 11.3 Å². The van der Waals surface area contributed by atoms with Crippen molar-refractivity contribution in [2.24, 2.45) is 10.7 Å². The van der Waals surface area contributed by atoms with Crippen LogP contribution in [0.15, 0.2) is 157 Å². The van der Waals surface area contributed by atoms with Gasteiger partial charge in [0.25, 0.3) is 0 Å². The number of nitrogens with two attached hydrogens (primary N) is 1. The van der Waals surface area contributed by atoms with Crippen molar-refractivity contribution in [3.63, 3.8) is 0 Å². The topological polar surface area (TPSA) is 74.2 Å². The Morgan fingerprint density at radius 1 is 0.739 bits per heavy atom. The third-order valence-electron chi connectivity index (χ3n) is 7.95. The van der Waals surface area contributed by atoms with Crippen molar-refractivity contribution < 1.29 is 0 Å². The van der Waals surface area contributed by atoms with E-state index in [4.69, 9.17) is 10.7 Å². The molecule has 4 nitrogen and oxygen atoms in total. The first-order valence-corrected chi connectivity index (χ1v) is 15.9. The molecule has 0 atom stereocenters. The molecule has 0 bridgehead atoms. The molecule has 0 fully saturated rings. The number of hydrogen-bond acceptors (Lipinski definition) is 5. The molecule has 0 aliphatic carbocycles. The minimum Gasteiger partial charge on any atom is -0.398 e. The molecule has 0 spiro atoms. The van der Waals surface area contributed by atoms with E-state index in [9.17, 15) is 5.26 Å². The summed E-state index contributed by atoms with van der Waals surface area (Å²) in [6, 6.07) is 51.6. The van der Waals surface area contributed by atoms with Crippen LogP contribution in [-0.2, 0) is 6.54 Å². The Labute approximate surface area is 272 Å². The van der Waals surface area contributed by atoms with Gasteiger partial charge in [-0.3, -0.25) is 4.99 Å². The summed E-state index contributed by atoms with van der Waals surface area (Å²) in [5.74, 6) is 0. The van der Waals surface area contributed by atoms with Gasteiger partial charge in [-0.05, 0) is 58.7 Å². The number of nitriles is 1. The minimum atomic E-state index is 0.473. The van der Waals surface area contributed by atoms with Crippen LogP contribution in [0.1, 0.15) is 22.3 Å².